The molecule has 0 radical (unpaired) electrons. The molecular formula is C21H17N5O3S2. The lowest BCUT2D eigenvalue weighted by molar-refractivity contribution is -0.384. The van der Waals surface area contributed by atoms with Gasteiger partial charge in [-0.1, -0.05) is 53.4 Å². The highest BCUT2D eigenvalue weighted by Gasteiger charge is 2.19. The molecule has 4 rings (SSSR count). The molecule has 2 aromatic heterocycles. The van der Waals surface area contributed by atoms with Gasteiger partial charge in [0.15, 0.2) is 9.35 Å². The largest absolute Gasteiger partial charge is 0.319 e. The molecule has 0 fully saturated rings. The molecule has 156 valence electrons. The number of hydrogen-bond donors (Lipinski definition) is 1. The Bertz CT molecular complexity index is 1310. The van der Waals surface area contributed by atoms with Crippen LogP contribution in [-0.2, 0) is 4.79 Å². The molecule has 0 atom stereocenters. The normalized spacial score (nSPS) is 10.9. The summed E-state index contributed by atoms with van der Waals surface area (Å²) in [7, 11) is 0. The number of carbonyl (C=O) groups excluding carboxylic acids is 1. The van der Waals surface area contributed by atoms with E-state index in [9.17, 15) is 14.9 Å². The van der Waals surface area contributed by atoms with Crippen molar-refractivity contribution >= 4 is 51.3 Å². The molecule has 31 heavy (non-hydrogen) atoms. The van der Waals surface area contributed by atoms with Gasteiger partial charge in [0.05, 0.1) is 16.2 Å². The molecule has 0 saturated heterocycles. The van der Waals surface area contributed by atoms with E-state index in [1.165, 1.54) is 29.2 Å². The number of fused-ring (bicyclic) bond motifs is 1. The third kappa shape index (κ3) is 4.70. The van der Waals surface area contributed by atoms with Crippen LogP contribution in [-0.4, -0.2) is 31.8 Å². The Balaban J connectivity index is 1.44. The van der Waals surface area contributed by atoms with Crippen LogP contribution in [0.1, 0.15) is 11.1 Å². The van der Waals surface area contributed by atoms with Crippen LogP contribution in [0, 0.1) is 24.0 Å². The fourth-order valence-electron chi connectivity index (χ4n) is 3.11. The molecule has 0 aliphatic carbocycles. The van der Waals surface area contributed by atoms with Crippen LogP contribution in [0.4, 0.5) is 11.4 Å². The number of aryl methyl sites for hydroxylation is 2. The second-order valence-corrected chi connectivity index (χ2v) is 9.03. The maximum atomic E-state index is 12.4. The van der Waals surface area contributed by atoms with Gasteiger partial charge in [-0.05, 0) is 37.1 Å². The third-order valence-corrected chi connectivity index (χ3v) is 6.55. The first kappa shape index (κ1) is 20.9. The molecule has 2 aromatic carbocycles. The Labute approximate surface area is 185 Å². The maximum absolute atomic E-state index is 12.4. The predicted octanol–water partition coefficient (Wildman–Crippen LogP) is 5.01. The van der Waals surface area contributed by atoms with Crippen LogP contribution < -0.4 is 5.32 Å². The number of benzene rings is 2. The first-order valence-corrected chi connectivity index (χ1v) is 11.1. The van der Waals surface area contributed by atoms with Gasteiger partial charge in [0.1, 0.15) is 11.4 Å². The average molecular weight is 452 g/mol. The van der Waals surface area contributed by atoms with Crippen molar-refractivity contribution in [2.24, 2.45) is 0 Å². The number of hydrogen-bond acceptors (Lipinski definition) is 8. The van der Waals surface area contributed by atoms with Crippen molar-refractivity contribution in [1.29, 1.82) is 0 Å². The van der Waals surface area contributed by atoms with Crippen LogP contribution in [0.25, 0.3) is 21.6 Å². The highest BCUT2D eigenvalue weighted by atomic mass is 32.2. The van der Waals surface area contributed by atoms with Gasteiger partial charge in [0.25, 0.3) is 5.69 Å². The van der Waals surface area contributed by atoms with Crippen molar-refractivity contribution in [1.82, 2.24) is 15.2 Å². The smallest absolute Gasteiger partial charge is 0.293 e. The van der Waals surface area contributed by atoms with E-state index < -0.39 is 4.92 Å². The first-order chi connectivity index (χ1) is 14.9. The average Bonchev–Trinajstić information content (AvgIpc) is 3.22. The molecular weight excluding hydrogens is 434 g/mol. The van der Waals surface area contributed by atoms with Gasteiger partial charge >= 0.3 is 0 Å². The molecule has 8 nitrogen and oxygen atoms in total. The van der Waals surface area contributed by atoms with Gasteiger partial charge in [-0.2, -0.15) is 0 Å². The van der Waals surface area contributed by atoms with E-state index in [1.807, 2.05) is 36.4 Å². The molecule has 0 aliphatic rings. The topological polar surface area (TPSA) is 111 Å². The van der Waals surface area contributed by atoms with Gasteiger partial charge in [-0.25, -0.2) is 4.98 Å². The number of amides is 1. The summed E-state index contributed by atoms with van der Waals surface area (Å²) in [5.74, 6) is -0.287. The zero-order valence-electron chi connectivity index (χ0n) is 16.7. The Kier molecular flexibility index (Phi) is 5.92. The van der Waals surface area contributed by atoms with Crippen molar-refractivity contribution in [2.75, 3.05) is 11.1 Å². The molecule has 0 saturated carbocycles. The van der Waals surface area contributed by atoms with Crippen molar-refractivity contribution in [3.05, 3.63) is 69.8 Å². The highest BCUT2D eigenvalue weighted by Crippen LogP contribution is 2.31. The van der Waals surface area contributed by atoms with Gasteiger partial charge in [0.2, 0.25) is 5.91 Å². The Morgan fingerprint density at radius 1 is 1.16 bits per heavy atom. The molecule has 0 bridgehead atoms. The number of nitro groups is 1. The fourth-order valence-corrected chi connectivity index (χ4v) is 4.73. The van der Waals surface area contributed by atoms with E-state index in [4.69, 9.17) is 0 Å². The lowest BCUT2D eigenvalue weighted by atomic mass is 10.1. The number of aromatic nitrogens is 3. The van der Waals surface area contributed by atoms with Crippen molar-refractivity contribution in [3.63, 3.8) is 0 Å². The van der Waals surface area contributed by atoms with E-state index in [-0.39, 0.29) is 23.0 Å². The van der Waals surface area contributed by atoms with Crippen LogP contribution in [0.3, 0.4) is 0 Å². The quantitative estimate of drug-likeness (QED) is 0.249. The third-order valence-electron chi connectivity index (χ3n) is 4.47. The zero-order valence-corrected chi connectivity index (χ0v) is 18.3. The summed E-state index contributed by atoms with van der Waals surface area (Å²) in [5, 5.41) is 24.0. The van der Waals surface area contributed by atoms with Crippen molar-refractivity contribution in [3.8, 4) is 10.7 Å². The van der Waals surface area contributed by atoms with Crippen LogP contribution in [0.2, 0.25) is 0 Å². The van der Waals surface area contributed by atoms with Crippen LogP contribution in [0.5, 0.6) is 0 Å². The second-order valence-electron chi connectivity index (χ2n) is 6.83. The summed E-state index contributed by atoms with van der Waals surface area (Å²) in [6, 6.07) is 14.9. The second kappa shape index (κ2) is 8.78. The zero-order chi connectivity index (χ0) is 22.0. The van der Waals surface area contributed by atoms with Gasteiger partial charge in [-0.3, -0.25) is 14.9 Å². The Morgan fingerprint density at radius 2 is 1.97 bits per heavy atom. The molecule has 1 N–H and O–H groups in total. The predicted molar refractivity (Wildman–Crippen MR) is 123 cm³/mol. The minimum Gasteiger partial charge on any atom is -0.319 e. The van der Waals surface area contributed by atoms with Crippen molar-refractivity contribution < 1.29 is 9.72 Å². The SMILES string of the molecule is Cc1cc(C)c(NC(=O)CSc2nnc(-c3ccc4ccccc4n3)s2)c([N+](=O)[O-])c1. The molecule has 2 heterocycles. The highest BCUT2D eigenvalue weighted by molar-refractivity contribution is 8.01. The molecule has 0 aliphatic heterocycles. The minimum atomic E-state index is -0.490. The molecule has 0 spiro atoms. The lowest BCUT2D eigenvalue weighted by Crippen LogP contribution is -2.16. The number of thioether (sulfide) groups is 1. The van der Waals surface area contributed by atoms with Crippen LogP contribution >= 0.6 is 23.1 Å². The molecule has 0 unspecified atom stereocenters. The van der Waals surface area contributed by atoms with Crippen molar-refractivity contribution in [2.45, 2.75) is 18.2 Å². The van der Waals surface area contributed by atoms with Gasteiger partial charge in [0, 0.05) is 11.5 Å². The summed E-state index contributed by atoms with van der Waals surface area (Å²) in [6.07, 6.45) is 0. The minimum absolute atomic E-state index is 0.0598. The number of anilines is 1. The number of nitro benzene ring substituents is 1. The van der Waals surface area contributed by atoms with E-state index in [1.54, 1.807) is 19.9 Å². The molecule has 4 aromatic rings. The summed E-state index contributed by atoms with van der Waals surface area (Å²) >= 11 is 2.57. The number of rotatable bonds is 6. The summed E-state index contributed by atoms with van der Waals surface area (Å²) < 4.78 is 0.621. The number of carbonyl (C=O) groups is 1. The standard InChI is InChI=1S/C21H17N5O3S2/c1-12-9-13(2)19(17(10-12)26(28)29)23-18(27)11-30-21-25-24-20(31-21)16-8-7-14-5-3-4-6-15(14)22-16/h3-10H,11H2,1-2H3,(H,23,27). The fraction of sp³-hybridized carbons (Fsp3) is 0.143. The van der Waals surface area contributed by atoms with E-state index >= 15 is 0 Å². The Hall–Kier alpha value is -3.37. The lowest BCUT2D eigenvalue weighted by Gasteiger charge is -2.09. The number of nitrogens with one attached hydrogen (secondary N) is 1. The van der Waals surface area contributed by atoms with E-state index in [0.29, 0.717) is 14.9 Å². The van der Waals surface area contributed by atoms with Crippen LogP contribution in [0.15, 0.2) is 52.9 Å². The number of nitrogens with zero attached hydrogens (tertiary/aromatic N) is 4. The summed E-state index contributed by atoms with van der Waals surface area (Å²) in [4.78, 5) is 27.9. The summed E-state index contributed by atoms with van der Waals surface area (Å²) in [6.45, 7) is 3.51. The number of pyridine rings is 1. The molecule has 1 amide bonds. The Morgan fingerprint density at radius 3 is 2.77 bits per heavy atom. The van der Waals surface area contributed by atoms with E-state index in [0.717, 1.165) is 22.2 Å². The van der Waals surface area contributed by atoms with Gasteiger partial charge in [-0.15, -0.1) is 10.2 Å². The first-order valence-electron chi connectivity index (χ1n) is 9.28. The van der Waals surface area contributed by atoms with Gasteiger partial charge < -0.3 is 5.32 Å². The number of para-hydroxylation sites is 1. The molecule has 10 heteroatoms. The monoisotopic (exact) mass is 451 g/mol. The van der Waals surface area contributed by atoms with E-state index in [2.05, 4.69) is 20.5 Å². The summed E-state index contributed by atoms with van der Waals surface area (Å²) in [5.41, 5.74) is 3.11. The maximum Gasteiger partial charge on any atom is 0.293 e.